The standard InChI is InChI=1S/C15H13N7O4/c1-21-7-6-11(20-21)14(23)16-9-2-4-10(5-3-9)17-15(24)12-8-13(19-18-12)22(25)26/h2-8H,1H3,(H,16,23)(H,17,24)(H,18,19). The lowest BCUT2D eigenvalue weighted by atomic mass is 10.2. The fraction of sp³-hybridized carbons (Fsp3) is 0.0667. The van der Waals surface area contributed by atoms with Crippen molar-refractivity contribution in [2.24, 2.45) is 7.05 Å². The number of aryl methyl sites for hydroxylation is 1. The summed E-state index contributed by atoms with van der Waals surface area (Å²) in [6.07, 6.45) is 1.66. The normalized spacial score (nSPS) is 10.3. The second-order valence-electron chi connectivity index (χ2n) is 5.26. The summed E-state index contributed by atoms with van der Waals surface area (Å²) < 4.78 is 1.52. The molecule has 3 N–H and O–H groups in total. The maximum Gasteiger partial charge on any atom is 0.343 e. The van der Waals surface area contributed by atoms with E-state index in [1.54, 1.807) is 43.6 Å². The summed E-state index contributed by atoms with van der Waals surface area (Å²) in [5.74, 6) is -1.33. The van der Waals surface area contributed by atoms with Crippen molar-refractivity contribution in [2.75, 3.05) is 10.6 Å². The molecule has 2 heterocycles. The molecule has 132 valence electrons. The number of H-pyrrole nitrogens is 1. The highest BCUT2D eigenvalue weighted by Gasteiger charge is 2.16. The molecule has 2 amide bonds. The first-order chi connectivity index (χ1) is 12.4. The summed E-state index contributed by atoms with van der Waals surface area (Å²) in [6.45, 7) is 0. The Hall–Kier alpha value is -4.02. The van der Waals surface area contributed by atoms with Crippen LogP contribution in [0.3, 0.4) is 0 Å². The van der Waals surface area contributed by atoms with E-state index in [0.717, 1.165) is 6.07 Å². The highest BCUT2D eigenvalue weighted by molar-refractivity contribution is 6.04. The van der Waals surface area contributed by atoms with Gasteiger partial charge in [0.15, 0.2) is 11.4 Å². The minimum Gasteiger partial charge on any atom is -0.358 e. The number of nitrogens with one attached hydrogen (secondary N) is 3. The Balaban J connectivity index is 1.62. The van der Waals surface area contributed by atoms with E-state index in [0.29, 0.717) is 11.4 Å². The molecule has 0 atom stereocenters. The first-order valence-corrected chi connectivity index (χ1v) is 7.34. The first kappa shape index (κ1) is 16.8. The van der Waals surface area contributed by atoms with E-state index in [1.807, 2.05) is 0 Å². The Labute approximate surface area is 146 Å². The molecule has 2 aromatic heterocycles. The third-order valence-electron chi connectivity index (χ3n) is 3.34. The van der Waals surface area contributed by atoms with Gasteiger partial charge < -0.3 is 20.7 Å². The van der Waals surface area contributed by atoms with Gasteiger partial charge in [-0.05, 0) is 35.3 Å². The van der Waals surface area contributed by atoms with E-state index in [9.17, 15) is 19.7 Å². The zero-order valence-electron chi connectivity index (χ0n) is 13.5. The molecule has 0 aliphatic rings. The molecule has 0 aliphatic carbocycles. The lowest BCUT2D eigenvalue weighted by Gasteiger charge is -2.06. The number of aromatic amines is 1. The van der Waals surface area contributed by atoms with Crippen LogP contribution in [-0.4, -0.2) is 36.7 Å². The van der Waals surface area contributed by atoms with Crippen LogP contribution in [0.2, 0.25) is 0 Å². The molecule has 0 radical (unpaired) electrons. The van der Waals surface area contributed by atoms with Gasteiger partial charge in [-0.3, -0.25) is 14.3 Å². The number of carbonyl (C=O) groups excluding carboxylic acids is 2. The van der Waals surface area contributed by atoms with Gasteiger partial charge in [0.25, 0.3) is 11.8 Å². The van der Waals surface area contributed by atoms with Gasteiger partial charge in [-0.2, -0.15) is 5.10 Å². The number of hydrogen-bond donors (Lipinski definition) is 3. The van der Waals surface area contributed by atoms with Crippen molar-refractivity contribution in [2.45, 2.75) is 0 Å². The van der Waals surface area contributed by atoms with E-state index >= 15 is 0 Å². The van der Waals surface area contributed by atoms with Crippen LogP contribution in [0.1, 0.15) is 21.0 Å². The third kappa shape index (κ3) is 3.72. The largest absolute Gasteiger partial charge is 0.358 e. The Bertz CT molecular complexity index is 974. The van der Waals surface area contributed by atoms with Crippen molar-refractivity contribution in [3.63, 3.8) is 0 Å². The van der Waals surface area contributed by atoms with Crippen LogP contribution in [0.15, 0.2) is 42.6 Å². The Morgan fingerprint density at radius 3 is 2.12 bits per heavy atom. The van der Waals surface area contributed by atoms with Crippen molar-refractivity contribution in [3.8, 4) is 0 Å². The van der Waals surface area contributed by atoms with Gasteiger partial charge in [-0.25, -0.2) is 0 Å². The Morgan fingerprint density at radius 2 is 1.65 bits per heavy atom. The third-order valence-corrected chi connectivity index (χ3v) is 3.34. The number of nitro groups is 1. The molecule has 0 unspecified atom stereocenters. The van der Waals surface area contributed by atoms with Crippen LogP contribution < -0.4 is 10.6 Å². The lowest BCUT2D eigenvalue weighted by Crippen LogP contribution is -2.14. The topological polar surface area (TPSA) is 148 Å². The fourth-order valence-electron chi connectivity index (χ4n) is 2.08. The van der Waals surface area contributed by atoms with Crippen molar-refractivity contribution >= 4 is 29.0 Å². The van der Waals surface area contributed by atoms with Crippen LogP contribution in [0, 0.1) is 10.1 Å². The van der Waals surface area contributed by atoms with Gasteiger partial charge in [0, 0.05) is 24.6 Å². The summed E-state index contributed by atoms with van der Waals surface area (Å²) in [7, 11) is 1.71. The van der Waals surface area contributed by atoms with Crippen LogP contribution >= 0.6 is 0 Å². The van der Waals surface area contributed by atoms with E-state index in [-0.39, 0.29) is 23.1 Å². The SMILES string of the molecule is Cn1ccc(C(=O)Nc2ccc(NC(=O)c3cc([N+](=O)[O-])[nH]n3)cc2)n1. The smallest absolute Gasteiger partial charge is 0.343 e. The van der Waals surface area contributed by atoms with Crippen LogP contribution in [0.25, 0.3) is 0 Å². The Morgan fingerprint density at radius 1 is 1.08 bits per heavy atom. The van der Waals surface area contributed by atoms with E-state index in [2.05, 4.69) is 25.9 Å². The molecule has 0 fully saturated rings. The van der Waals surface area contributed by atoms with E-state index in [4.69, 9.17) is 0 Å². The van der Waals surface area contributed by atoms with Crippen molar-refractivity contribution in [1.29, 1.82) is 0 Å². The highest BCUT2D eigenvalue weighted by Crippen LogP contribution is 2.16. The number of carbonyl (C=O) groups is 2. The van der Waals surface area contributed by atoms with Gasteiger partial charge in [0.05, 0.1) is 6.07 Å². The number of amides is 2. The van der Waals surface area contributed by atoms with E-state index < -0.39 is 10.8 Å². The molecule has 3 rings (SSSR count). The lowest BCUT2D eigenvalue weighted by molar-refractivity contribution is -0.389. The molecule has 11 heteroatoms. The van der Waals surface area contributed by atoms with Crippen molar-refractivity contribution in [1.82, 2.24) is 20.0 Å². The second kappa shape index (κ2) is 6.84. The number of aromatic nitrogens is 4. The predicted octanol–water partition coefficient (Wildman–Crippen LogP) is 1.56. The monoisotopic (exact) mass is 355 g/mol. The predicted molar refractivity (Wildman–Crippen MR) is 90.8 cm³/mol. The summed E-state index contributed by atoms with van der Waals surface area (Å²) in [4.78, 5) is 33.9. The number of hydrogen-bond acceptors (Lipinski definition) is 6. The molecule has 1 aromatic carbocycles. The fourth-order valence-corrected chi connectivity index (χ4v) is 2.08. The number of nitrogens with zero attached hydrogens (tertiary/aromatic N) is 4. The summed E-state index contributed by atoms with van der Waals surface area (Å²) in [5, 5.41) is 25.6. The van der Waals surface area contributed by atoms with Crippen molar-refractivity contribution in [3.05, 3.63) is 64.1 Å². The minimum absolute atomic E-state index is 0.107. The maximum absolute atomic E-state index is 12.0. The molecule has 0 saturated carbocycles. The van der Waals surface area contributed by atoms with Gasteiger partial charge in [0.2, 0.25) is 0 Å². The molecule has 0 aliphatic heterocycles. The quantitative estimate of drug-likeness (QED) is 0.467. The summed E-state index contributed by atoms with van der Waals surface area (Å²) in [6, 6.07) is 8.98. The number of benzene rings is 1. The minimum atomic E-state index is -0.678. The first-order valence-electron chi connectivity index (χ1n) is 7.34. The van der Waals surface area contributed by atoms with Gasteiger partial charge in [-0.1, -0.05) is 5.10 Å². The van der Waals surface area contributed by atoms with Crippen LogP contribution in [0.4, 0.5) is 17.2 Å². The molecule has 0 bridgehead atoms. The second-order valence-corrected chi connectivity index (χ2v) is 5.26. The zero-order valence-corrected chi connectivity index (χ0v) is 13.5. The average Bonchev–Trinajstić information content (AvgIpc) is 3.26. The summed E-state index contributed by atoms with van der Waals surface area (Å²) >= 11 is 0. The van der Waals surface area contributed by atoms with Gasteiger partial charge >= 0.3 is 5.82 Å². The van der Waals surface area contributed by atoms with Crippen LogP contribution in [0.5, 0.6) is 0 Å². The highest BCUT2D eigenvalue weighted by atomic mass is 16.6. The molecule has 3 aromatic rings. The van der Waals surface area contributed by atoms with E-state index in [1.165, 1.54) is 4.68 Å². The number of anilines is 2. The number of rotatable bonds is 5. The maximum atomic E-state index is 12.0. The summed E-state index contributed by atoms with van der Waals surface area (Å²) in [5.41, 5.74) is 1.14. The van der Waals surface area contributed by atoms with Crippen molar-refractivity contribution < 1.29 is 14.5 Å². The zero-order chi connectivity index (χ0) is 18.7. The molecular formula is C15H13N7O4. The average molecular weight is 355 g/mol. The molecule has 0 spiro atoms. The van der Waals surface area contributed by atoms with Gasteiger partial charge in [-0.15, -0.1) is 5.10 Å². The molecule has 26 heavy (non-hydrogen) atoms. The van der Waals surface area contributed by atoms with Crippen LogP contribution in [-0.2, 0) is 7.05 Å². The molecule has 0 saturated heterocycles. The Kier molecular flexibility index (Phi) is 4.43. The molecular weight excluding hydrogens is 342 g/mol. The van der Waals surface area contributed by atoms with Gasteiger partial charge in [0.1, 0.15) is 0 Å². The molecule has 11 nitrogen and oxygen atoms in total.